The molecule has 1 aromatic carbocycles. The Kier molecular flexibility index (Phi) is 5.56. The van der Waals surface area contributed by atoms with Gasteiger partial charge in [-0.05, 0) is 37.8 Å². The van der Waals surface area contributed by atoms with E-state index in [0.29, 0.717) is 22.4 Å². The molecule has 1 aliphatic carbocycles. The molecule has 0 spiro atoms. The van der Waals surface area contributed by atoms with Crippen LogP contribution in [0, 0.1) is 0 Å². The molecule has 0 saturated heterocycles. The number of ether oxygens (including phenoxy) is 1. The van der Waals surface area contributed by atoms with Crippen LogP contribution in [0.15, 0.2) is 24.8 Å². The summed E-state index contributed by atoms with van der Waals surface area (Å²) in [5.74, 6) is 0.549. The summed E-state index contributed by atoms with van der Waals surface area (Å²) in [4.78, 5) is 0. The molecule has 0 unspecified atom stereocenters. The lowest BCUT2D eigenvalue weighted by molar-refractivity contribution is -0.703. The maximum atomic E-state index is 6.21. The van der Waals surface area contributed by atoms with Crippen LogP contribution in [0.5, 0.6) is 5.75 Å². The molecular formula is C15H20Cl2NO+. The Bertz CT molecular complexity index is 419. The average molecular weight is 301 g/mol. The number of hydrogen-bond donors (Lipinski definition) is 1. The van der Waals surface area contributed by atoms with E-state index in [4.69, 9.17) is 27.9 Å². The fourth-order valence-corrected chi connectivity index (χ4v) is 3.15. The number of halogens is 2. The first-order valence-corrected chi connectivity index (χ1v) is 7.51. The van der Waals surface area contributed by atoms with Crippen molar-refractivity contribution < 1.29 is 10.1 Å². The van der Waals surface area contributed by atoms with Gasteiger partial charge in [0.25, 0.3) is 0 Å². The molecule has 1 aromatic rings. The zero-order chi connectivity index (χ0) is 13.7. The molecule has 1 fully saturated rings. The summed E-state index contributed by atoms with van der Waals surface area (Å²) in [6.07, 6.45) is 7.03. The van der Waals surface area contributed by atoms with E-state index in [1.165, 1.54) is 25.7 Å². The molecule has 104 valence electrons. The number of hydrogen-bond acceptors (Lipinski definition) is 1. The number of nitrogens with two attached hydrogens (primary N) is 1. The Hall–Kier alpha value is -0.700. The highest BCUT2D eigenvalue weighted by molar-refractivity contribution is 6.37. The van der Waals surface area contributed by atoms with E-state index in [2.05, 4.69) is 11.9 Å². The van der Waals surface area contributed by atoms with Crippen molar-refractivity contribution >= 4 is 23.2 Å². The highest BCUT2D eigenvalue weighted by Gasteiger charge is 2.18. The standard InChI is InChI=1S/C15H19Cl2NO/c1-2-7-19-15-13(16)8-11(9-14(15)17)10-18-12-5-3-4-6-12/h2,8-9,12,18H,1,3-7,10H2/p+1. The van der Waals surface area contributed by atoms with Gasteiger partial charge in [0.05, 0.1) is 16.1 Å². The third-order valence-electron chi connectivity index (χ3n) is 3.49. The Morgan fingerprint density at radius 3 is 2.47 bits per heavy atom. The van der Waals surface area contributed by atoms with Crippen LogP contribution < -0.4 is 10.1 Å². The molecule has 2 N–H and O–H groups in total. The minimum atomic E-state index is 0.410. The highest BCUT2D eigenvalue weighted by Crippen LogP contribution is 2.34. The third kappa shape index (κ3) is 4.13. The molecule has 4 heteroatoms. The summed E-state index contributed by atoms with van der Waals surface area (Å²) in [5.41, 5.74) is 1.15. The van der Waals surface area contributed by atoms with E-state index < -0.39 is 0 Å². The van der Waals surface area contributed by atoms with Crippen LogP contribution in [0.2, 0.25) is 10.0 Å². The third-order valence-corrected chi connectivity index (χ3v) is 4.05. The molecule has 0 bridgehead atoms. The largest absolute Gasteiger partial charge is 0.486 e. The van der Waals surface area contributed by atoms with Crippen LogP contribution in [0.1, 0.15) is 31.2 Å². The molecule has 0 radical (unpaired) electrons. The van der Waals surface area contributed by atoms with Crippen LogP contribution in [0.4, 0.5) is 0 Å². The summed E-state index contributed by atoms with van der Waals surface area (Å²) < 4.78 is 5.46. The van der Waals surface area contributed by atoms with Gasteiger partial charge < -0.3 is 10.1 Å². The molecular weight excluding hydrogens is 281 g/mol. The first-order chi connectivity index (χ1) is 9.20. The zero-order valence-electron chi connectivity index (χ0n) is 11.0. The Morgan fingerprint density at radius 1 is 1.26 bits per heavy atom. The van der Waals surface area contributed by atoms with Crippen molar-refractivity contribution in [2.75, 3.05) is 6.61 Å². The lowest BCUT2D eigenvalue weighted by atomic mass is 10.2. The first-order valence-electron chi connectivity index (χ1n) is 6.75. The van der Waals surface area contributed by atoms with Crippen LogP contribution in [-0.2, 0) is 6.54 Å². The fraction of sp³-hybridized carbons (Fsp3) is 0.467. The van der Waals surface area contributed by atoms with Gasteiger partial charge in [-0.1, -0.05) is 35.9 Å². The van der Waals surface area contributed by atoms with Crippen molar-refractivity contribution in [1.82, 2.24) is 0 Å². The van der Waals surface area contributed by atoms with E-state index in [1.54, 1.807) is 6.08 Å². The summed E-state index contributed by atoms with van der Waals surface area (Å²) >= 11 is 12.4. The summed E-state index contributed by atoms with van der Waals surface area (Å²) in [6.45, 7) is 4.94. The van der Waals surface area contributed by atoms with E-state index in [0.717, 1.165) is 18.2 Å². The summed E-state index contributed by atoms with van der Waals surface area (Å²) in [6, 6.07) is 4.64. The van der Waals surface area contributed by atoms with Gasteiger partial charge in [-0.15, -0.1) is 0 Å². The molecule has 0 aliphatic heterocycles. The fourth-order valence-electron chi connectivity index (χ4n) is 2.51. The molecule has 0 heterocycles. The quantitative estimate of drug-likeness (QED) is 0.799. The zero-order valence-corrected chi connectivity index (χ0v) is 12.5. The topological polar surface area (TPSA) is 25.8 Å². The van der Waals surface area contributed by atoms with Gasteiger partial charge in [0, 0.05) is 5.56 Å². The molecule has 0 atom stereocenters. The normalized spacial score (nSPS) is 15.7. The van der Waals surface area contributed by atoms with Crippen molar-refractivity contribution in [3.05, 3.63) is 40.4 Å². The van der Waals surface area contributed by atoms with E-state index in [1.807, 2.05) is 12.1 Å². The van der Waals surface area contributed by atoms with E-state index in [9.17, 15) is 0 Å². The molecule has 0 amide bonds. The van der Waals surface area contributed by atoms with Crippen molar-refractivity contribution in [3.8, 4) is 5.75 Å². The van der Waals surface area contributed by atoms with Crippen molar-refractivity contribution in [2.45, 2.75) is 38.3 Å². The predicted octanol–water partition coefficient (Wildman–Crippen LogP) is 3.56. The van der Waals surface area contributed by atoms with E-state index >= 15 is 0 Å². The SMILES string of the molecule is C=CCOc1c(Cl)cc(C[NH2+]C2CCCC2)cc1Cl. The minimum absolute atomic E-state index is 0.410. The minimum Gasteiger partial charge on any atom is -0.486 e. The van der Waals surface area contributed by atoms with E-state index in [-0.39, 0.29) is 0 Å². The predicted molar refractivity (Wildman–Crippen MR) is 80.0 cm³/mol. The highest BCUT2D eigenvalue weighted by atomic mass is 35.5. The second-order valence-electron chi connectivity index (χ2n) is 4.97. The van der Waals surface area contributed by atoms with Crippen LogP contribution in [-0.4, -0.2) is 12.6 Å². The lowest BCUT2D eigenvalue weighted by Crippen LogP contribution is -2.87. The Balaban J connectivity index is 1.99. The molecule has 2 rings (SSSR count). The van der Waals surface area contributed by atoms with Gasteiger partial charge in [0.2, 0.25) is 0 Å². The second kappa shape index (κ2) is 7.18. The molecule has 19 heavy (non-hydrogen) atoms. The van der Waals surface area contributed by atoms with Crippen molar-refractivity contribution in [1.29, 1.82) is 0 Å². The number of quaternary nitrogens is 1. The van der Waals surface area contributed by atoms with Gasteiger partial charge >= 0.3 is 0 Å². The molecule has 1 aliphatic rings. The van der Waals surface area contributed by atoms with Gasteiger partial charge in [0.15, 0.2) is 5.75 Å². The second-order valence-corrected chi connectivity index (χ2v) is 5.79. The van der Waals surface area contributed by atoms with Crippen LogP contribution >= 0.6 is 23.2 Å². The number of benzene rings is 1. The molecule has 1 saturated carbocycles. The summed E-state index contributed by atoms with van der Waals surface area (Å²) in [5, 5.41) is 3.53. The first kappa shape index (κ1) is 14.7. The average Bonchev–Trinajstić information content (AvgIpc) is 2.88. The van der Waals surface area contributed by atoms with Crippen LogP contribution in [0.25, 0.3) is 0 Å². The smallest absolute Gasteiger partial charge is 0.156 e. The van der Waals surface area contributed by atoms with Gasteiger partial charge in [-0.2, -0.15) is 0 Å². The molecule has 2 nitrogen and oxygen atoms in total. The van der Waals surface area contributed by atoms with Gasteiger partial charge in [0.1, 0.15) is 13.2 Å². The number of rotatable bonds is 6. The molecule has 0 aromatic heterocycles. The van der Waals surface area contributed by atoms with Gasteiger partial charge in [-0.3, -0.25) is 0 Å². The maximum Gasteiger partial charge on any atom is 0.156 e. The lowest BCUT2D eigenvalue weighted by Gasteiger charge is -2.12. The van der Waals surface area contributed by atoms with Gasteiger partial charge in [-0.25, -0.2) is 0 Å². The maximum absolute atomic E-state index is 6.21. The monoisotopic (exact) mass is 300 g/mol. The Morgan fingerprint density at radius 2 is 1.89 bits per heavy atom. The van der Waals surface area contributed by atoms with Crippen molar-refractivity contribution in [2.24, 2.45) is 0 Å². The van der Waals surface area contributed by atoms with Crippen molar-refractivity contribution in [3.63, 3.8) is 0 Å². The van der Waals surface area contributed by atoms with Crippen LogP contribution in [0.3, 0.4) is 0 Å². The Labute approximate surface area is 124 Å². The summed E-state index contributed by atoms with van der Waals surface area (Å²) in [7, 11) is 0.